The number of H-pyrrole nitrogens is 1. The summed E-state index contributed by atoms with van der Waals surface area (Å²) in [6, 6.07) is 8.80. The maximum absolute atomic E-state index is 13.7. The highest BCUT2D eigenvalue weighted by Gasteiger charge is 2.15. The molecule has 6 heteroatoms. The predicted octanol–water partition coefficient (Wildman–Crippen LogP) is 4.15. The topological polar surface area (TPSA) is 77.4 Å². The van der Waals surface area contributed by atoms with Crippen LogP contribution in [0.25, 0.3) is 11.3 Å². The van der Waals surface area contributed by atoms with E-state index < -0.39 is 0 Å². The number of aromatic amines is 1. The molecule has 0 saturated heterocycles. The van der Waals surface area contributed by atoms with Gasteiger partial charge in [-0.3, -0.25) is 0 Å². The molecule has 5 nitrogen and oxygen atoms in total. The van der Waals surface area contributed by atoms with Crippen molar-refractivity contribution in [1.82, 2.24) is 15.0 Å². The first-order chi connectivity index (χ1) is 11.5. The molecule has 2 N–H and O–H groups in total. The molecule has 3 rings (SSSR count). The molecule has 3 aromatic rings. The van der Waals surface area contributed by atoms with Gasteiger partial charge in [0.15, 0.2) is 0 Å². The number of aromatic nitrogens is 3. The second-order valence-electron chi connectivity index (χ2n) is 5.59. The van der Waals surface area contributed by atoms with Crippen molar-refractivity contribution in [2.45, 2.75) is 20.8 Å². The third kappa shape index (κ3) is 2.84. The summed E-state index contributed by atoms with van der Waals surface area (Å²) in [6.45, 7) is 5.48. The van der Waals surface area contributed by atoms with Crippen LogP contribution in [0.1, 0.15) is 22.5 Å². The second kappa shape index (κ2) is 6.13. The number of hydrogen-bond acceptors (Lipinski definition) is 4. The van der Waals surface area contributed by atoms with E-state index in [0.717, 1.165) is 16.8 Å². The zero-order valence-electron chi connectivity index (χ0n) is 13.6. The Morgan fingerprint density at radius 1 is 1.21 bits per heavy atom. The fourth-order valence-electron chi connectivity index (χ4n) is 2.60. The highest BCUT2D eigenvalue weighted by Crippen LogP contribution is 2.28. The predicted molar refractivity (Wildman–Crippen MR) is 90.4 cm³/mol. The molecule has 0 radical (unpaired) electrons. The molecule has 2 aromatic heterocycles. The number of rotatable bonds is 3. The monoisotopic (exact) mass is 321 g/mol. The SMILES string of the molecule is Cc1ccc(Nc2nccc(-c3c(C)[nH]c(C#N)c3C)n2)cc1F. The van der Waals surface area contributed by atoms with Crippen LogP contribution in [0.4, 0.5) is 16.0 Å². The van der Waals surface area contributed by atoms with Gasteiger partial charge in [0.2, 0.25) is 5.95 Å². The van der Waals surface area contributed by atoms with E-state index in [-0.39, 0.29) is 5.82 Å². The molecule has 0 spiro atoms. The minimum atomic E-state index is -0.285. The summed E-state index contributed by atoms with van der Waals surface area (Å²) in [6.07, 6.45) is 1.63. The number of aryl methyl sites for hydroxylation is 2. The van der Waals surface area contributed by atoms with Crippen LogP contribution in [0.3, 0.4) is 0 Å². The van der Waals surface area contributed by atoms with E-state index in [1.165, 1.54) is 6.07 Å². The van der Waals surface area contributed by atoms with Crippen LogP contribution in [0.15, 0.2) is 30.5 Å². The summed E-state index contributed by atoms with van der Waals surface area (Å²) in [4.78, 5) is 11.7. The minimum Gasteiger partial charge on any atom is -0.350 e. The summed E-state index contributed by atoms with van der Waals surface area (Å²) < 4.78 is 13.7. The van der Waals surface area contributed by atoms with E-state index in [4.69, 9.17) is 5.26 Å². The molecule has 0 unspecified atom stereocenters. The Labute approximate surface area is 139 Å². The summed E-state index contributed by atoms with van der Waals surface area (Å²) in [7, 11) is 0. The quantitative estimate of drug-likeness (QED) is 0.759. The van der Waals surface area contributed by atoms with Gasteiger partial charge in [0.25, 0.3) is 0 Å². The van der Waals surface area contributed by atoms with Gasteiger partial charge in [-0.05, 0) is 50.1 Å². The first-order valence-corrected chi connectivity index (χ1v) is 7.45. The molecule has 0 aliphatic carbocycles. The third-order valence-electron chi connectivity index (χ3n) is 3.89. The molecular formula is C18H16FN5. The van der Waals surface area contributed by atoms with Gasteiger partial charge in [-0.1, -0.05) is 6.07 Å². The molecule has 0 aliphatic heterocycles. The first kappa shape index (κ1) is 15.7. The second-order valence-corrected chi connectivity index (χ2v) is 5.59. The van der Waals surface area contributed by atoms with Crippen molar-refractivity contribution in [1.29, 1.82) is 5.26 Å². The normalized spacial score (nSPS) is 10.5. The highest BCUT2D eigenvalue weighted by atomic mass is 19.1. The van der Waals surface area contributed by atoms with E-state index in [9.17, 15) is 4.39 Å². The van der Waals surface area contributed by atoms with Crippen LogP contribution in [-0.4, -0.2) is 15.0 Å². The Bertz CT molecular complexity index is 953. The highest BCUT2D eigenvalue weighted by molar-refractivity contribution is 5.70. The van der Waals surface area contributed by atoms with Gasteiger partial charge >= 0.3 is 0 Å². The largest absolute Gasteiger partial charge is 0.350 e. The van der Waals surface area contributed by atoms with E-state index >= 15 is 0 Å². The molecular weight excluding hydrogens is 305 g/mol. The summed E-state index contributed by atoms with van der Waals surface area (Å²) in [5, 5.41) is 12.1. The zero-order chi connectivity index (χ0) is 17.3. The van der Waals surface area contributed by atoms with Crippen molar-refractivity contribution in [3.8, 4) is 17.3 Å². The minimum absolute atomic E-state index is 0.285. The maximum Gasteiger partial charge on any atom is 0.227 e. The fourth-order valence-corrected chi connectivity index (χ4v) is 2.60. The molecule has 120 valence electrons. The number of nitrogens with zero attached hydrogens (tertiary/aromatic N) is 3. The Hall–Kier alpha value is -3.20. The van der Waals surface area contributed by atoms with Gasteiger partial charge in [0, 0.05) is 23.1 Å². The molecule has 2 heterocycles. The number of hydrogen-bond donors (Lipinski definition) is 2. The Kier molecular flexibility index (Phi) is 4.00. The molecule has 1 aromatic carbocycles. The molecule has 24 heavy (non-hydrogen) atoms. The van der Waals surface area contributed by atoms with Gasteiger partial charge in [0.1, 0.15) is 17.6 Å². The average molecular weight is 321 g/mol. The van der Waals surface area contributed by atoms with Crippen LogP contribution in [0.5, 0.6) is 0 Å². The van der Waals surface area contributed by atoms with Gasteiger partial charge in [-0.25, -0.2) is 14.4 Å². The van der Waals surface area contributed by atoms with Crippen molar-refractivity contribution >= 4 is 11.6 Å². The average Bonchev–Trinajstić information content (AvgIpc) is 2.85. The number of nitrogens with one attached hydrogen (secondary N) is 2. The Morgan fingerprint density at radius 2 is 2.00 bits per heavy atom. The summed E-state index contributed by atoms with van der Waals surface area (Å²) in [5.41, 5.74) is 4.99. The molecule has 0 fully saturated rings. The number of nitriles is 1. The van der Waals surface area contributed by atoms with Gasteiger partial charge in [-0.15, -0.1) is 0 Å². The first-order valence-electron chi connectivity index (χ1n) is 7.45. The van der Waals surface area contributed by atoms with Gasteiger partial charge < -0.3 is 10.3 Å². The lowest BCUT2D eigenvalue weighted by atomic mass is 10.1. The van der Waals surface area contributed by atoms with Crippen molar-refractivity contribution in [2.75, 3.05) is 5.32 Å². The van der Waals surface area contributed by atoms with Gasteiger partial charge in [0.05, 0.1) is 5.69 Å². The third-order valence-corrected chi connectivity index (χ3v) is 3.89. The standard InChI is InChI=1S/C18H16FN5/c1-10-4-5-13(8-14(10)19)23-18-21-7-6-15(24-18)17-11(2)16(9-20)22-12(17)3/h4-8,22H,1-3H3,(H,21,23,24). The fraction of sp³-hybridized carbons (Fsp3) is 0.167. The Morgan fingerprint density at radius 3 is 2.67 bits per heavy atom. The van der Waals surface area contributed by atoms with Gasteiger partial charge in [-0.2, -0.15) is 5.26 Å². The van der Waals surface area contributed by atoms with Crippen LogP contribution in [0, 0.1) is 37.9 Å². The zero-order valence-corrected chi connectivity index (χ0v) is 13.6. The molecule has 0 bridgehead atoms. The summed E-state index contributed by atoms with van der Waals surface area (Å²) in [5.74, 6) is 0.0846. The van der Waals surface area contributed by atoms with E-state index in [2.05, 4.69) is 26.3 Å². The van der Waals surface area contributed by atoms with E-state index in [1.54, 1.807) is 31.3 Å². The molecule has 0 amide bonds. The molecule has 0 aliphatic rings. The molecule has 0 atom stereocenters. The van der Waals surface area contributed by atoms with Crippen molar-refractivity contribution in [3.63, 3.8) is 0 Å². The number of benzene rings is 1. The number of halogens is 1. The van der Waals surface area contributed by atoms with Crippen molar-refractivity contribution in [2.24, 2.45) is 0 Å². The lowest BCUT2D eigenvalue weighted by Crippen LogP contribution is -1.99. The maximum atomic E-state index is 13.7. The van der Waals surface area contributed by atoms with Crippen LogP contribution in [0.2, 0.25) is 0 Å². The lowest BCUT2D eigenvalue weighted by molar-refractivity contribution is 0.619. The summed E-state index contributed by atoms with van der Waals surface area (Å²) >= 11 is 0. The van der Waals surface area contributed by atoms with E-state index in [0.29, 0.717) is 28.6 Å². The van der Waals surface area contributed by atoms with E-state index in [1.807, 2.05) is 13.8 Å². The Balaban J connectivity index is 1.97. The lowest BCUT2D eigenvalue weighted by Gasteiger charge is -2.08. The van der Waals surface area contributed by atoms with Crippen molar-refractivity contribution in [3.05, 3.63) is 58.8 Å². The van der Waals surface area contributed by atoms with Crippen LogP contribution >= 0.6 is 0 Å². The smallest absolute Gasteiger partial charge is 0.227 e. The molecule has 0 saturated carbocycles. The van der Waals surface area contributed by atoms with Crippen LogP contribution < -0.4 is 5.32 Å². The van der Waals surface area contributed by atoms with Crippen LogP contribution in [-0.2, 0) is 0 Å². The number of anilines is 2. The van der Waals surface area contributed by atoms with Crippen molar-refractivity contribution < 1.29 is 4.39 Å².